The molecule has 2 aliphatic heterocycles. The minimum absolute atomic E-state index is 0.206. The zero-order valence-electron chi connectivity index (χ0n) is 12.5. The van der Waals surface area contributed by atoms with Gasteiger partial charge in [0.15, 0.2) is 5.89 Å². The molecule has 4 heterocycles. The lowest BCUT2D eigenvalue weighted by molar-refractivity contribution is 0.0727. The van der Waals surface area contributed by atoms with Gasteiger partial charge >= 0.3 is 0 Å². The predicted molar refractivity (Wildman–Crippen MR) is 77.3 cm³/mol. The van der Waals surface area contributed by atoms with Crippen molar-refractivity contribution in [3.63, 3.8) is 0 Å². The molecule has 0 N–H and O–H groups in total. The number of pyridine rings is 1. The number of carbonyl (C=O) groups is 1. The van der Waals surface area contributed by atoms with Gasteiger partial charge in [0.25, 0.3) is 5.91 Å². The van der Waals surface area contributed by atoms with Crippen molar-refractivity contribution in [2.45, 2.75) is 25.3 Å². The van der Waals surface area contributed by atoms with E-state index >= 15 is 0 Å². The average molecular weight is 317 g/mol. The van der Waals surface area contributed by atoms with Crippen LogP contribution >= 0.6 is 0 Å². The Bertz CT molecular complexity index is 740. The summed E-state index contributed by atoms with van der Waals surface area (Å²) in [4.78, 5) is 22.4. The highest BCUT2D eigenvalue weighted by Gasteiger charge is 2.29. The van der Waals surface area contributed by atoms with E-state index in [-0.39, 0.29) is 17.4 Å². The van der Waals surface area contributed by atoms with Gasteiger partial charge in [-0.1, -0.05) is 0 Å². The third-order valence-corrected chi connectivity index (χ3v) is 4.26. The first kappa shape index (κ1) is 14.3. The average Bonchev–Trinajstić information content (AvgIpc) is 3.22. The lowest BCUT2D eigenvalue weighted by Gasteiger charge is -2.25. The second-order valence-corrected chi connectivity index (χ2v) is 5.85. The highest BCUT2D eigenvalue weighted by molar-refractivity contribution is 5.94. The number of carbonyl (C=O) groups excluding carboxylic acids is 1. The number of aromatic nitrogens is 2. The molecule has 1 fully saturated rings. The summed E-state index contributed by atoms with van der Waals surface area (Å²) < 4.78 is 24.4. The molecule has 0 aromatic carbocycles. The monoisotopic (exact) mass is 317 g/mol. The number of ether oxygens (including phenoxy) is 1. The van der Waals surface area contributed by atoms with Crippen LogP contribution in [0.3, 0.4) is 0 Å². The first-order valence-corrected chi connectivity index (χ1v) is 7.67. The summed E-state index contributed by atoms with van der Waals surface area (Å²) in [6.07, 6.45) is 3.99. The minimum atomic E-state index is -0.515. The van der Waals surface area contributed by atoms with E-state index in [9.17, 15) is 9.18 Å². The SMILES string of the molecule is O=C(c1cncc(F)c1)N1CCc2oc(C3CCOC3)nc2C1. The molecule has 1 saturated heterocycles. The maximum atomic E-state index is 13.2. The molecule has 6 nitrogen and oxygen atoms in total. The summed E-state index contributed by atoms with van der Waals surface area (Å²) in [5.74, 6) is 0.995. The van der Waals surface area contributed by atoms with Gasteiger partial charge in [-0.05, 0) is 12.5 Å². The zero-order chi connectivity index (χ0) is 15.8. The molecule has 2 aromatic heterocycles. The van der Waals surface area contributed by atoms with Crippen LogP contribution < -0.4 is 0 Å². The molecule has 0 bridgehead atoms. The van der Waals surface area contributed by atoms with Crippen LogP contribution in [0.1, 0.15) is 40.0 Å². The third-order valence-electron chi connectivity index (χ3n) is 4.26. The van der Waals surface area contributed by atoms with Crippen molar-refractivity contribution in [1.82, 2.24) is 14.9 Å². The fraction of sp³-hybridized carbons (Fsp3) is 0.438. The first-order valence-electron chi connectivity index (χ1n) is 7.67. The summed E-state index contributed by atoms with van der Waals surface area (Å²) in [5, 5.41) is 0. The lowest BCUT2D eigenvalue weighted by Crippen LogP contribution is -2.35. The molecule has 0 radical (unpaired) electrons. The van der Waals surface area contributed by atoms with Crippen LogP contribution in [-0.4, -0.2) is 40.5 Å². The van der Waals surface area contributed by atoms with E-state index in [2.05, 4.69) is 9.97 Å². The Labute approximate surface area is 132 Å². The van der Waals surface area contributed by atoms with Crippen LogP contribution in [0.5, 0.6) is 0 Å². The Balaban J connectivity index is 1.53. The molecule has 2 aromatic rings. The highest BCUT2D eigenvalue weighted by atomic mass is 19.1. The van der Waals surface area contributed by atoms with Gasteiger partial charge in [-0.25, -0.2) is 9.37 Å². The van der Waals surface area contributed by atoms with Crippen molar-refractivity contribution in [3.8, 4) is 0 Å². The van der Waals surface area contributed by atoms with Crippen LogP contribution in [0.2, 0.25) is 0 Å². The Morgan fingerprint density at radius 1 is 1.39 bits per heavy atom. The number of amides is 1. The molecular formula is C16H16FN3O3. The highest BCUT2D eigenvalue weighted by Crippen LogP contribution is 2.29. The van der Waals surface area contributed by atoms with E-state index in [1.54, 1.807) is 4.90 Å². The van der Waals surface area contributed by atoms with Crippen molar-refractivity contribution in [3.05, 3.63) is 47.2 Å². The van der Waals surface area contributed by atoms with E-state index in [1.807, 2.05) is 0 Å². The number of hydrogen-bond acceptors (Lipinski definition) is 5. The Morgan fingerprint density at radius 3 is 3.09 bits per heavy atom. The molecule has 4 rings (SSSR count). The molecule has 1 atom stereocenters. The van der Waals surface area contributed by atoms with Crippen LogP contribution in [-0.2, 0) is 17.7 Å². The summed E-state index contributed by atoms with van der Waals surface area (Å²) >= 11 is 0. The van der Waals surface area contributed by atoms with Crippen molar-refractivity contribution in [2.24, 2.45) is 0 Å². The summed E-state index contributed by atoms with van der Waals surface area (Å²) in [6, 6.07) is 1.20. The first-order chi connectivity index (χ1) is 11.2. The van der Waals surface area contributed by atoms with E-state index < -0.39 is 5.82 Å². The van der Waals surface area contributed by atoms with E-state index in [0.29, 0.717) is 32.0 Å². The third kappa shape index (κ3) is 2.72. The summed E-state index contributed by atoms with van der Waals surface area (Å²) in [6.45, 7) is 2.27. The Morgan fingerprint density at radius 2 is 2.30 bits per heavy atom. The topological polar surface area (TPSA) is 68.5 Å². The quantitative estimate of drug-likeness (QED) is 0.846. The molecule has 0 saturated carbocycles. The van der Waals surface area contributed by atoms with Crippen molar-refractivity contribution in [2.75, 3.05) is 19.8 Å². The second-order valence-electron chi connectivity index (χ2n) is 5.85. The molecule has 23 heavy (non-hydrogen) atoms. The molecule has 0 aliphatic carbocycles. The van der Waals surface area contributed by atoms with Gasteiger partial charge in [-0.3, -0.25) is 9.78 Å². The van der Waals surface area contributed by atoms with Gasteiger partial charge < -0.3 is 14.1 Å². The Kier molecular flexibility index (Phi) is 3.57. The normalized spacial score (nSPS) is 20.6. The smallest absolute Gasteiger partial charge is 0.255 e. The molecular weight excluding hydrogens is 301 g/mol. The molecule has 0 spiro atoms. The van der Waals surface area contributed by atoms with E-state index in [0.717, 1.165) is 30.7 Å². The number of rotatable bonds is 2. The number of nitrogens with zero attached hydrogens (tertiary/aromatic N) is 3. The van der Waals surface area contributed by atoms with Crippen LogP contribution in [0.4, 0.5) is 4.39 Å². The molecule has 120 valence electrons. The van der Waals surface area contributed by atoms with Gasteiger partial charge in [-0.15, -0.1) is 0 Å². The second kappa shape index (κ2) is 5.73. The number of oxazole rings is 1. The van der Waals surface area contributed by atoms with Crippen LogP contribution in [0.15, 0.2) is 22.9 Å². The summed E-state index contributed by atoms with van der Waals surface area (Å²) in [5.41, 5.74) is 1.04. The van der Waals surface area contributed by atoms with Gasteiger partial charge in [0.05, 0.1) is 30.8 Å². The molecule has 1 unspecified atom stereocenters. The van der Waals surface area contributed by atoms with Crippen LogP contribution in [0, 0.1) is 5.82 Å². The number of hydrogen-bond donors (Lipinski definition) is 0. The van der Waals surface area contributed by atoms with E-state index in [1.165, 1.54) is 12.3 Å². The maximum Gasteiger partial charge on any atom is 0.255 e. The van der Waals surface area contributed by atoms with E-state index in [4.69, 9.17) is 9.15 Å². The summed E-state index contributed by atoms with van der Waals surface area (Å²) in [7, 11) is 0. The molecule has 7 heteroatoms. The van der Waals surface area contributed by atoms with Crippen LogP contribution in [0.25, 0.3) is 0 Å². The van der Waals surface area contributed by atoms with Gasteiger partial charge in [0.1, 0.15) is 17.3 Å². The van der Waals surface area contributed by atoms with Gasteiger partial charge in [0.2, 0.25) is 0 Å². The maximum absolute atomic E-state index is 13.2. The van der Waals surface area contributed by atoms with Gasteiger partial charge in [-0.2, -0.15) is 0 Å². The van der Waals surface area contributed by atoms with Crippen molar-refractivity contribution < 1.29 is 18.3 Å². The standard InChI is InChI=1S/C16H16FN3O3/c17-12-5-11(6-18-7-12)16(21)20-3-1-14-13(8-20)19-15(23-14)10-2-4-22-9-10/h5-7,10H,1-4,8-9H2. The van der Waals surface area contributed by atoms with Crippen molar-refractivity contribution in [1.29, 1.82) is 0 Å². The molecule has 2 aliphatic rings. The molecule has 1 amide bonds. The fourth-order valence-electron chi connectivity index (χ4n) is 3.01. The predicted octanol–water partition coefficient (Wildman–Crippen LogP) is 1.91. The minimum Gasteiger partial charge on any atom is -0.445 e. The number of halogens is 1. The largest absolute Gasteiger partial charge is 0.445 e. The fourth-order valence-corrected chi connectivity index (χ4v) is 3.01. The van der Waals surface area contributed by atoms with Gasteiger partial charge in [0, 0.05) is 25.8 Å². The van der Waals surface area contributed by atoms with Crippen molar-refractivity contribution >= 4 is 5.91 Å². The lowest BCUT2D eigenvalue weighted by atomic mass is 10.1. The Hall–Kier alpha value is -2.28. The number of fused-ring (bicyclic) bond motifs is 1. The zero-order valence-corrected chi connectivity index (χ0v) is 12.5.